The Morgan fingerprint density at radius 2 is 1.55 bits per heavy atom. The highest BCUT2D eigenvalue weighted by Crippen LogP contribution is 2.42. The maximum Gasteiger partial charge on any atom is 0.338 e. The maximum atomic E-state index is 13.1. The summed E-state index contributed by atoms with van der Waals surface area (Å²) in [6.45, 7) is 3.89. The van der Waals surface area contributed by atoms with Crippen molar-refractivity contribution in [2.45, 2.75) is 27.4 Å². The first kappa shape index (κ1) is 26.1. The summed E-state index contributed by atoms with van der Waals surface area (Å²) in [4.78, 5) is 50.7. The first-order valence-corrected chi connectivity index (χ1v) is 11.2. The molecule has 0 radical (unpaired) electrons. The first-order chi connectivity index (χ1) is 17.9. The van der Waals surface area contributed by atoms with Gasteiger partial charge < -0.3 is 29.5 Å². The van der Waals surface area contributed by atoms with Gasteiger partial charge in [-0.3, -0.25) is 9.59 Å². The number of carboxylic acid groups (broad SMARTS) is 1. The van der Waals surface area contributed by atoms with E-state index in [0.29, 0.717) is 0 Å². The largest absolute Gasteiger partial charge is 0.504 e. The van der Waals surface area contributed by atoms with Crippen molar-refractivity contribution in [2.24, 2.45) is 0 Å². The van der Waals surface area contributed by atoms with Crippen LogP contribution in [0.2, 0.25) is 0 Å². The standard InChI is InChI=1S/C26H24N2O10/c1-11-15(25(33)34)9-16(21(30)22(11)37-5)20-13(3)24(32)28-23(31)12(2)17(27(20)28)10-38-26(35)14-6-7-18(29)19(8-14)36-4/h6-9,29-30H,10H2,1-5H3,(H,33,34). The minimum Gasteiger partial charge on any atom is -0.504 e. The minimum absolute atomic E-state index is 0.0378. The zero-order chi connectivity index (χ0) is 28.0. The molecule has 0 unspecified atom stereocenters. The molecule has 2 aromatic heterocycles. The number of fused-ring (bicyclic) bond motifs is 1. The number of rotatable bonds is 7. The number of phenolic OH excluding ortho intramolecular Hbond substituents is 2. The first-order valence-electron chi connectivity index (χ1n) is 11.2. The van der Waals surface area contributed by atoms with Gasteiger partial charge in [0.1, 0.15) is 6.61 Å². The lowest BCUT2D eigenvalue weighted by Crippen LogP contribution is -2.23. The van der Waals surface area contributed by atoms with Crippen LogP contribution in [-0.4, -0.2) is 50.5 Å². The van der Waals surface area contributed by atoms with E-state index in [-0.39, 0.29) is 62.0 Å². The molecule has 38 heavy (non-hydrogen) atoms. The van der Waals surface area contributed by atoms with Crippen molar-refractivity contribution in [3.05, 3.63) is 78.5 Å². The Hall–Kier alpha value is -5.00. The quantitative estimate of drug-likeness (QED) is 0.305. The molecule has 0 aliphatic rings. The number of benzene rings is 2. The molecule has 198 valence electrons. The van der Waals surface area contributed by atoms with Crippen LogP contribution >= 0.6 is 0 Å². The number of carboxylic acids is 1. The lowest BCUT2D eigenvalue weighted by atomic mass is 9.98. The minimum atomic E-state index is -1.29. The number of methoxy groups -OCH3 is 2. The molecular formula is C26H24N2O10. The fourth-order valence-corrected chi connectivity index (χ4v) is 4.39. The Morgan fingerprint density at radius 1 is 0.895 bits per heavy atom. The normalized spacial score (nSPS) is 11.1. The van der Waals surface area contributed by atoms with Gasteiger partial charge in [0.15, 0.2) is 23.0 Å². The third-order valence-corrected chi connectivity index (χ3v) is 6.43. The molecule has 0 spiro atoms. The van der Waals surface area contributed by atoms with E-state index in [4.69, 9.17) is 14.2 Å². The number of nitrogens with zero attached hydrogens (tertiary/aromatic N) is 2. The molecule has 3 N–H and O–H groups in total. The molecule has 0 atom stereocenters. The molecule has 0 fully saturated rings. The van der Waals surface area contributed by atoms with Crippen molar-refractivity contribution >= 4 is 11.9 Å². The van der Waals surface area contributed by atoms with Crippen LogP contribution in [0, 0.1) is 20.8 Å². The molecule has 0 amide bonds. The van der Waals surface area contributed by atoms with E-state index in [0.717, 1.165) is 4.52 Å². The molecule has 2 aromatic carbocycles. The van der Waals surface area contributed by atoms with Crippen molar-refractivity contribution in [3.8, 4) is 34.3 Å². The third kappa shape index (κ3) is 3.86. The molecule has 4 aromatic rings. The number of aromatic hydroxyl groups is 2. The van der Waals surface area contributed by atoms with Gasteiger partial charge in [-0.05, 0) is 45.0 Å². The van der Waals surface area contributed by atoms with E-state index in [9.17, 15) is 34.5 Å². The summed E-state index contributed by atoms with van der Waals surface area (Å²) in [5.41, 5.74) is -1.04. The van der Waals surface area contributed by atoms with Gasteiger partial charge in [0.05, 0.1) is 36.7 Å². The summed E-state index contributed by atoms with van der Waals surface area (Å²) in [6, 6.07) is 5.06. The average molecular weight is 524 g/mol. The van der Waals surface area contributed by atoms with Crippen LogP contribution in [0.25, 0.3) is 11.3 Å². The smallest absolute Gasteiger partial charge is 0.338 e. The van der Waals surface area contributed by atoms with E-state index < -0.39 is 35.4 Å². The molecule has 4 rings (SSSR count). The molecule has 2 heterocycles. The highest BCUT2D eigenvalue weighted by Gasteiger charge is 2.29. The summed E-state index contributed by atoms with van der Waals surface area (Å²) < 4.78 is 17.7. The van der Waals surface area contributed by atoms with Crippen LogP contribution in [0.3, 0.4) is 0 Å². The zero-order valence-corrected chi connectivity index (χ0v) is 21.1. The van der Waals surface area contributed by atoms with Crippen LogP contribution < -0.4 is 20.6 Å². The Kier molecular flexibility index (Phi) is 6.49. The van der Waals surface area contributed by atoms with Gasteiger partial charge in [-0.15, -0.1) is 0 Å². The van der Waals surface area contributed by atoms with E-state index in [1.165, 1.54) is 63.8 Å². The Morgan fingerprint density at radius 3 is 2.16 bits per heavy atom. The lowest BCUT2D eigenvalue weighted by molar-refractivity contribution is 0.0464. The fraction of sp³-hybridized carbons (Fsp3) is 0.231. The fourth-order valence-electron chi connectivity index (χ4n) is 4.39. The Balaban J connectivity index is 1.91. The third-order valence-electron chi connectivity index (χ3n) is 6.43. The van der Waals surface area contributed by atoms with Gasteiger partial charge >= 0.3 is 11.9 Å². The number of carbonyl (C=O) groups excluding carboxylic acids is 1. The second-order valence-corrected chi connectivity index (χ2v) is 8.53. The zero-order valence-electron chi connectivity index (χ0n) is 21.1. The number of hydrogen-bond donors (Lipinski definition) is 3. The van der Waals surface area contributed by atoms with E-state index in [1.54, 1.807) is 0 Å². The molecular weight excluding hydrogens is 500 g/mol. The second-order valence-electron chi connectivity index (χ2n) is 8.53. The Bertz CT molecular complexity index is 1730. The van der Waals surface area contributed by atoms with Gasteiger partial charge in [0.25, 0.3) is 11.1 Å². The number of aromatic nitrogens is 2. The predicted octanol–water partition coefficient (Wildman–Crippen LogP) is 2.27. The number of phenols is 2. The molecule has 12 nitrogen and oxygen atoms in total. The highest BCUT2D eigenvalue weighted by atomic mass is 16.5. The maximum absolute atomic E-state index is 13.1. The topological polar surface area (TPSA) is 165 Å². The van der Waals surface area contributed by atoms with Crippen molar-refractivity contribution in [2.75, 3.05) is 14.2 Å². The van der Waals surface area contributed by atoms with E-state index in [1.807, 2.05) is 0 Å². The van der Waals surface area contributed by atoms with E-state index >= 15 is 0 Å². The van der Waals surface area contributed by atoms with Gasteiger partial charge in [-0.1, -0.05) is 0 Å². The van der Waals surface area contributed by atoms with Crippen molar-refractivity contribution < 1.29 is 39.1 Å². The van der Waals surface area contributed by atoms with Crippen LogP contribution in [0.15, 0.2) is 33.9 Å². The molecule has 0 saturated carbocycles. The van der Waals surface area contributed by atoms with Crippen LogP contribution in [-0.2, 0) is 11.3 Å². The molecule has 12 heteroatoms. The van der Waals surface area contributed by atoms with E-state index in [2.05, 4.69) is 0 Å². The number of carbonyl (C=O) groups is 2. The number of hydrogen-bond acceptors (Lipinski definition) is 9. The highest BCUT2D eigenvalue weighted by molar-refractivity contribution is 5.94. The number of ether oxygens (including phenoxy) is 3. The summed E-state index contributed by atoms with van der Waals surface area (Å²) >= 11 is 0. The van der Waals surface area contributed by atoms with Crippen LogP contribution in [0.5, 0.6) is 23.0 Å². The summed E-state index contributed by atoms with van der Waals surface area (Å²) in [6.07, 6.45) is 0. The summed E-state index contributed by atoms with van der Waals surface area (Å²) in [5.74, 6) is -2.73. The van der Waals surface area contributed by atoms with Crippen molar-refractivity contribution in [1.29, 1.82) is 0 Å². The SMILES string of the molecule is COc1cc(C(=O)OCc2c(C)c(=O)n3c(=O)c(C)c(-c4cc(C(=O)O)c(C)c(OC)c4O)n23)ccc1O. The summed E-state index contributed by atoms with van der Waals surface area (Å²) in [5, 5.41) is 30.5. The lowest BCUT2D eigenvalue weighted by Gasteiger charge is -2.15. The molecule has 0 aliphatic carbocycles. The van der Waals surface area contributed by atoms with Crippen LogP contribution in [0.1, 0.15) is 43.1 Å². The van der Waals surface area contributed by atoms with Crippen LogP contribution in [0.4, 0.5) is 0 Å². The van der Waals surface area contributed by atoms with Crippen molar-refractivity contribution in [1.82, 2.24) is 9.03 Å². The number of esters is 1. The monoisotopic (exact) mass is 524 g/mol. The molecule has 0 bridgehead atoms. The average Bonchev–Trinajstić information content (AvgIpc) is 3.27. The second kappa shape index (κ2) is 9.47. The van der Waals surface area contributed by atoms with Crippen molar-refractivity contribution in [3.63, 3.8) is 0 Å². The molecule has 0 saturated heterocycles. The Labute approximate surface area is 214 Å². The van der Waals surface area contributed by atoms with Gasteiger partial charge in [0.2, 0.25) is 0 Å². The van der Waals surface area contributed by atoms with Gasteiger partial charge in [-0.25, -0.2) is 14.1 Å². The molecule has 0 aliphatic heterocycles. The van der Waals surface area contributed by atoms with Gasteiger partial charge in [-0.2, -0.15) is 4.52 Å². The predicted molar refractivity (Wildman–Crippen MR) is 133 cm³/mol. The van der Waals surface area contributed by atoms with Gasteiger partial charge in [0, 0.05) is 22.3 Å². The summed E-state index contributed by atoms with van der Waals surface area (Å²) in [7, 11) is 2.58. The number of aromatic carboxylic acids is 1.